The molecule has 0 spiro atoms. The van der Waals surface area contributed by atoms with Gasteiger partial charge < -0.3 is 0 Å². The number of aryl methyl sites for hydroxylation is 1. The van der Waals surface area contributed by atoms with Crippen LogP contribution in [0, 0.1) is 18.8 Å². The molecule has 13 heavy (non-hydrogen) atoms. The van der Waals surface area contributed by atoms with E-state index >= 15 is 0 Å². The van der Waals surface area contributed by atoms with Gasteiger partial charge >= 0.3 is 0 Å². The van der Waals surface area contributed by atoms with Crippen LogP contribution in [0.4, 0.5) is 4.39 Å². The Morgan fingerprint density at radius 2 is 2.00 bits per heavy atom. The molecule has 0 aliphatic rings. The normalized spacial score (nSPS) is 10.3. The standard InChI is InChI=1S/C10H8FN2/c1-7-6-10(13-12-7)8-2-4-9(11)5-3-8/h2-5H,1H3,(H,12,13). The molecule has 1 heterocycles. The minimum Gasteiger partial charge on any atom is -0.282 e. The second kappa shape index (κ2) is 3.01. The van der Waals surface area contributed by atoms with Crippen molar-refractivity contribution in [1.82, 2.24) is 10.2 Å². The number of aromatic nitrogens is 2. The fourth-order valence-corrected chi connectivity index (χ4v) is 1.12. The van der Waals surface area contributed by atoms with Crippen molar-refractivity contribution >= 4 is 0 Å². The van der Waals surface area contributed by atoms with Gasteiger partial charge in [0.05, 0.1) is 0 Å². The Bertz CT molecular complexity index is 403. The maximum absolute atomic E-state index is 12.6. The number of halogens is 1. The monoisotopic (exact) mass is 175 g/mol. The van der Waals surface area contributed by atoms with Gasteiger partial charge in [0.2, 0.25) is 0 Å². The van der Waals surface area contributed by atoms with Crippen molar-refractivity contribution < 1.29 is 4.39 Å². The zero-order valence-corrected chi connectivity index (χ0v) is 7.13. The van der Waals surface area contributed by atoms with Crippen LogP contribution in [0.2, 0.25) is 0 Å². The van der Waals surface area contributed by atoms with Gasteiger partial charge in [-0.1, -0.05) is 0 Å². The quantitative estimate of drug-likeness (QED) is 0.707. The van der Waals surface area contributed by atoms with Crippen LogP contribution >= 0.6 is 0 Å². The first kappa shape index (κ1) is 7.98. The van der Waals surface area contributed by atoms with Crippen LogP contribution in [0.25, 0.3) is 11.3 Å². The number of hydrogen-bond donors (Lipinski definition) is 1. The molecule has 0 saturated carbocycles. The predicted octanol–water partition coefficient (Wildman–Crippen LogP) is 2.32. The van der Waals surface area contributed by atoms with Crippen LogP contribution in [0.15, 0.2) is 24.3 Å². The Morgan fingerprint density at radius 1 is 1.31 bits per heavy atom. The molecule has 1 radical (unpaired) electrons. The average Bonchev–Trinajstić information content (AvgIpc) is 2.53. The summed E-state index contributed by atoms with van der Waals surface area (Å²) in [6.07, 6.45) is 0. The lowest BCUT2D eigenvalue weighted by Gasteiger charge is -1.93. The fourth-order valence-electron chi connectivity index (χ4n) is 1.12. The van der Waals surface area contributed by atoms with Crippen molar-refractivity contribution in [2.45, 2.75) is 6.92 Å². The fraction of sp³-hybridized carbons (Fsp3) is 0.100. The molecule has 2 aromatic rings. The second-order valence-electron chi connectivity index (χ2n) is 2.83. The molecule has 1 aromatic carbocycles. The van der Waals surface area contributed by atoms with Gasteiger partial charge in [-0.3, -0.25) is 5.10 Å². The van der Waals surface area contributed by atoms with E-state index in [2.05, 4.69) is 16.3 Å². The van der Waals surface area contributed by atoms with Crippen molar-refractivity contribution in [3.8, 4) is 11.3 Å². The van der Waals surface area contributed by atoms with Crippen molar-refractivity contribution in [3.05, 3.63) is 41.8 Å². The molecule has 0 bridgehead atoms. The van der Waals surface area contributed by atoms with Crippen molar-refractivity contribution in [2.24, 2.45) is 0 Å². The smallest absolute Gasteiger partial charge is 0.123 e. The third-order valence-electron chi connectivity index (χ3n) is 1.76. The number of nitrogens with zero attached hydrogens (tertiary/aromatic N) is 1. The van der Waals surface area contributed by atoms with Gasteiger partial charge in [0.25, 0.3) is 0 Å². The molecular weight excluding hydrogens is 167 g/mol. The average molecular weight is 175 g/mol. The van der Waals surface area contributed by atoms with Crippen LogP contribution in [-0.4, -0.2) is 10.2 Å². The van der Waals surface area contributed by atoms with Crippen LogP contribution < -0.4 is 0 Å². The van der Waals surface area contributed by atoms with E-state index in [9.17, 15) is 4.39 Å². The summed E-state index contributed by atoms with van der Waals surface area (Å²) in [6.45, 7) is 1.88. The number of nitrogens with one attached hydrogen (secondary N) is 1. The van der Waals surface area contributed by atoms with E-state index < -0.39 is 0 Å². The van der Waals surface area contributed by atoms with Gasteiger partial charge in [-0.25, -0.2) is 4.39 Å². The molecule has 0 aliphatic carbocycles. The lowest BCUT2D eigenvalue weighted by atomic mass is 10.1. The summed E-state index contributed by atoms with van der Waals surface area (Å²) in [7, 11) is 0. The van der Waals surface area contributed by atoms with Crippen LogP contribution in [0.5, 0.6) is 0 Å². The first-order valence-electron chi connectivity index (χ1n) is 3.96. The minimum atomic E-state index is -0.240. The van der Waals surface area contributed by atoms with E-state index in [1.165, 1.54) is 12.1 Å². The zero-order chi connectivity index (χ0) is 9.26. The highest BCUT2D eigenvalue weighted by molar-refractivity contribution is 5.58. The second-order valence-corrected chi connectivity index (χ2v) is 2.83. The zero-order valence-electron chi connectivity index (χ0n) is 7.13. The van der Waals surface area contributed by atoms with Crippen LogP contribution in [0.3, 0.4) is 0 Å². The van der Waals surface area contributed by atoms with Gasteiger partial charge in [-0.05, 0) is 31.2 Å². The molecule has 0 unspecified atom stereocenters. The SMILES string of the molecule is Cc1[c]c(-c2ccc(F)cc2)n[nH]1. The summed E-state index contributed by atoms with van der Waals surface area (Å²) >= 11 is 0. The van der Waals surface area contributed by atoms with E-state index in [-0.39, 0.29) is 5.82 Å². The number of benzene rings is 1. The number of hydrogen-bond acceptors (Lipinski definition) is 1. The molecule has 3 heteroatoms. The maximum atomic E-state index is 12.6. The maximum Gasteiger partial charge on any atom is 0.123 e. The Kier molecular flexibility index (Phi) is 1.85. The number of H-pyrrole nitrogens is 1. The first-order chi connectivity index (χ1) is 6.25. The van der Waals surface area contributed by atoms with Gasteiger partial charge in [-0.15, -0.1) is 0 Å². The number of aromatic amines is 1. The predicted molar refractivity (Wildman–Crippen MR) is 47.6 cm³/mol. The summed E-state index contributed by atoms with van der Waals surface area (Å²) in [6, 6.07) is 9.21. The Morgan fingerprint density at radius 3 is 2.54 bits per heavy atom. The van der Waals surface area contributed by atoms with Gasteiger partial charge in [0, 0.05) is 17.3 Å². The number of rotatable bonds is 1. The van der Waals surface area contributed by atoms with E-state index in [0.717, 1.165) is 17.0 Å². The van der Waals surface area contributed by atoms with Crippen molar-refractivity contribution in [1.29, 1.82) is 0 Å². The highest BCUT2D eigenvalue weighted by Crippen LogP contribution is 2.16. The van der Waals surface area contributed by atoms with Crippen LogP contribution in [-0.2, 0) is 0 Å². The van der Waals surface area contributed by atoms with Gasteiger partial charge in [0.15, 0.2) is 0 Å². The lowest BCUT2D eigenvalue weighted by Crippen LogP contribution is -1.78. The lowest BCUT2D eigenvalue weighted by molar-refractivity contribution is 0.628. The molecule has 0 atom stereocenters. The summed E-state index contributed by atoms with van der Waals surface area (Å²) < 4.78 is 12.6. The molecule has 0 fully saturated rings. The summed E-state index contributed by atoms with van der Waals surface area (Å²) in [4.78, 5) is 0. The molecule has 2 rings (SSSR count). The first-order valence-corrected chi connectivity index (χ1v) is 3.96. The molecule has 0 aliphatic heterocycles. The largest absolute Gasteiger partial charge is 0.282 e. The molecule has 0 saturated heterocycles. The Hall–Kier alpha value is -1.64. The molecule has 0 amide bonds. The van der Waals surface area contributed by atoms with Crippen molar-refractivity contribution in [3.63, 3.8) is 0 Å². The van der Waals surface area contributed by atoms with Crippen LogP contribution in [0.1, 0.15) is 5.69 Å². The van der Waals surface area contributed by atoms with Gasteiger partial charge in [-0.2, -0.15) is 5.10 Å². The van der Waals surface area contributed by atoms with E-state index in [1.54, 1.807) is 12.1 Å². The molecular formula is C10H8FN2. The molecule has 2 nitrogen and oxygen atoms in total. The highest BCUT2D eigenvalue weighted by Gasteiger charge is 2.01. The van der Waals surface area contributed by atoms with Crippen molar-refractivity contribution in [2.75, 3.05) is 0 Å². The summed E-state index contributed by atoms with van der Waals surface area (Å²) in [5.41, 5.74) is 2.46. The molecule has 65 valence electrons. The summed E-state index contributed by atoms with van der Waals surface area (Å²) in [5.74, 6) is -0.240. The molecule has 1 aromatic heterocycles. The van der Waals surface area contributed by atoms with E-state index in [0.29, 0.717) is 0 Å². The van der Waals surface area contributed by atoms with E-state index in [4.69, 9.17) is 0 Å². The summed E-state index contributed by atoms with van der Waals surface area (Å²) in [5, 5.41) is 6.80. The molecule has 1 N–H and O–H groups in total. The minimum absolute atomic E-state index is 0.240. The Labute approximate surface area is 75.4 Å². The van der Waals surface area contributed by atoms with Gasteiger partial charge in [0.1, 0.15) is 11.5 Å². The Balaban J connectivity index is 2.41. The highest BCUT2D eigenvalue weighted by atomic mass is 19.1. The topological polar surface area (TPSA) is 28.7 Å². The third kappa shape index (κ3) is 1.59. The third-order valence-corrected chi connectivity index (χ3v) is 1.76. The van der Waals surface area contributed by atoms with E-state index in [1.807, 2.05) is 6.92 Å².